The van der Waals surface area contributed by atoms with Gasteiger partial charge in [-0.15, -0.1) is 0 Å². The Morgan fingerprint density at radius 2 is 2.14 bits per heavy atom. The zero-order chi connectivity index (χ0) is 15.9. The molecule has 0 saturated carbocycles. The van der Waals surface area contributed by atoms with Crippen LogP contribution in [-0.4, -0.2) is 33.1 Å². The van der Waals surface area contributed by atoms with E-state index in [0.29, 0.717) is 18.5 Å². The van der Waals surface area contributed by atoms with Crippen molar-refractivity contribution in [3.05, 3.63) is 58.0 Å². The maximum absolute atomic E-state index is 11.1. The molecule has 0 aliphatic carbocycles. The van der Waals surface area contributed by atoms with Gasteiger partial charge >= 0.3 is 5.69 Å². The molecule has 0 bridgehead atoms. The first-order chi connectivity index (χ1) is 10.6. The monoisotopic (exact) mass is 302 g/mol. The van der Waals surface area contributed by atoms with Gasteiger partial charge in [0.25, 0.3) is 0 Å². The van der Waals surface area contributed by atoms with E-state index in [-0.39, 0.29) is 24.0 Å². The quantitative estimate of drug-likeness (QED) is 0.599. The lowest BCUT2D eigenvalue weighted by Gasteiger charge is -2.15. The SMILES string of the molecule is Cc1ccnc(NCC(CO)Cc2ccccn2)c1[N+](=O)[O-]. The number of rotatable bonds is 7. The predicted molar refractivity (Wildman–Crippen MR) is 82.6 cm³/mol. The predicted octanol–water partition coefficient (Wildman–Crippen LogP) is 1.96. The number of aromatic nitrogens is 2. The molecule has 2 rings (SSSR count). The Balaban J connectivity index is 2.05. The summed E-state index contributed by atoms with van der Waals surface area (Å²) in [5.74, 6) is 0.126. The van der Waals surface area contributed by atoms with Gasteiger partial charge in [-0.25, -0.2) is 4.98 Å². The summed E-state index contributed by atoms with van der Waals surface area (Å²) < 4.78 is 0. The molecule has 0 aliphatic rings. The molecule has 7 heteroatoms. The highest BCUT2D eigenvalue weighted by atomic mass is 16.6. The first-order valence-corrected chi connectivity index (χ1v) is 6.96. The van der Waals surface area contributed by atoms with Crippen LogP contribution >= 0.6 is 0 Å². The van der Waals surface area contributed by atoms with Crippen LogP contribution in [0.2, 0.25) is 0 Å². The summed E-state index contributed by atoms with van der Waals surface area (Å²) in [6.45, 7) is 2.01. The molecule has 0 aliphatic heterocycles. The van der Waals surface area contributed by atoms with E-state index < -0.39 is 4.92 Å². The Kier molecular flexibility index (Phi) is 5.37. The van der Waals surface area contributed by atoms with Crippen LogP contribution in [0.15, 0.2) is 36.7 Å². The van der Waals surface area contributed by atoms with E-state index >= 15 is 0 Å². The highest BCUT2D eigenvalue weighted by molar-refractivity contribution is 5.59. The molecule has 22 heavy (non-hydrogen) atoms. The average molecular weight is 302 g/mol. The van der Waals surface area contributed by atoms with E-state index in [4.69, 9.17) is 0 Å². The topological polar surface area (TPSA) is 101 Å². The summed E-state index contributed by atoms with van der Waals surface area (Å²) in [7, 11) is 0. The van der Waals surface area contributed by atoms with E-state index in [9.17, 15) is 15.2 Å². The lowest BCUT2D eigenvalue weighted by Crippen LogP contribution is -2.21. The van der Waals surface area contributed by atoms with Gasteiger partial charge in [-0.3, -0.25) is 15.1 Å². The number of hydrogen-bond acceptors (Lipinski definition) is 6. The molecule has 116 valence electrons. The number of hydrogen-bond donors (Lipinski definition) is 2. The van der Waals surface area contributed by atoms with Crippen LogP contribution in [-0.2, 0) is 6.42 Å². The maximum atomic E-state index is 11.1. The number of aliphatic hydroxyl groups is 1. The van der Waals surface area contributed by atoms with Crippen molar-refractivity contribution in [3.63, 3.8) is 0 Å². The summed E-state index contributed by atoms with van der Waals surface area (Å²) in [5, 5.41) is 23.6. The van der Waals surface area contributed by atoms with Gasteiger partial charge in [-0.1, -0.05) is 6.07 Å². The zero-order valence-electron chi connectivity index (χ0n) is 12.3. The molecule has 2 heterocycles. The summed E-state index contributed by atoms with van der Waals surface area (Å²) in [6, 6.07) is 7.20. The fraction of sp³-hybridized carbons (Fsp3) is 0.333. The van der Waals surface area contributed by atoms with E-state index in [1.807, 2.05) is 18.2 Å². The second-order valence-corrected chi connectivity index (χ2v) is 5.04. The van der Waals surface area contributed by atoms with Crippen LogP contribution in [0.25, 0.3) is 0 Å². The second kappa shape index (κ2) is 7.46. The minimum absolute atomic E-state index is 0.0305. The lowest BCUT2D eigenvalue weighted by molar-refractivity contribution is -0.384. The molecular formula is C15H18N4O3. The fourth-order valence-electron chi connectivity index (χ4n) is 2.17. The molecule has 2 N–H and O–H groups in total. The third-order valence-electron chi connectivity index (χ3n) is 3.35. The highest BCUT2D eigenvalue weighted by Gasteiger charge is 2.19. The molecule has 0 aromatic carbocycles. The molecule has 2 aromatic rings. The Labute approximate surface area is 128 Å². The van der Waals surface area contributed by atoms with Crippen LogP contribution in [0.5, 0.6) is 0 Å². The van der Waals surface area contributed by atoms with Gasteiger partial charge in [0.2, 0.25) is 5.82 Å². The summed E-state index contributed by atoms with van der Waals surface area (Å²) in [5.41, 5.74) is 1.39. The van der Waals surface area contributed by atoms with Gasteiger partial charge in [0.05, 0.1) is 4.92 Å². The van der Waals surface area contributed by atoms with Crippen molar-refractivity contribution in [2.45, 2.75) is 13.3 Å². The van der Waals surface area contributed by atoms with Crippen LogP contribution < -0.4 is 5.32 Å². The van der Waals surface area contributed by atoms with Crippen LogP contribution in [0.4, 0.5) is 11.5 Å². The van der Waals surface area contributed by atoms with Crippen LogP contribution in [0.3, 0.4) is 0 Å². The number of aliphatic hydroxyl groups excluding tert-OH is 1. The molecular weight excluding hydrogens is 284 g/mol. The molecule has 2 aromatic heterocycles. The molecule has 0 spiro atoms. The van der Waals surface area contributed by atoms with Crippen molar-refractivity contribution in [2.75, 3.05) is 18.5 Å². The Morgan fingerprint density at radius 1 is 1.32 bits per heavy atom. The van der Waals surface area contributed by atoms with Gasteiger partial charge in [0.15, 0.2) is 0 Å². The minimum atomic E-state index is -0.447. The summed E-state index contributed by atoms with van der Waals surface area (Å²) in [4.78, 5) is 18.9. The fourth-order valence-corrected chi connectivity index (χ4v) is 2.17. The first-order valence-electron chi connectivity index (χ1n) is 6.96. The number of nitrogens with one attached hydrogen (secondary N) is 1. The number of nitrogens with zero attached hydrogens (tertiary/aromatic N) is 3. The Morgan fingerprint density at radius 3 is 2.77 bits per heavy atom. The first kappa shape index (κ1) is 15.8. The highest BCUT2D eigenvalue weighted by Crippen LogP contribution is 2.25. The zero-order valence-corrected chi connectivity index (χ0v) is 12.3. The smallest absolute Gasteiger partial charge is 0.314 e. The minimum Gasteiger partial charge on any atom is -0.396 e. The maximum Gasteiger partial charge on any atom is 0.314 e. The normalized spacial score (nSPS) is 11.9. The molecule has 1 unspecified atom stereocenters. The standard InChI is InChI=1S/C15H18N4O3/c1-11-5-7-17-15(14(11)19(21)22)18-9-12(10-20)8-13-4-2-3-6-16-13/h2-7,12,20H,8-10H2,1H3,(H,17,18). The van der Waals surface area contributed by atoms with Gasteiger partial charge in [0.1, 0.15) is 0 Å². The second-order valence-electron chi connectivity index (χ2n) is 5.04. The van der Waals surface area contributed by atoms with Gasteiger partial charge in [0, 0.05) is 42.7 Å². The molecule has 1 atom stereocenters. The third-order valence-corrected chi connectivity index (χ3v) is 3.35. The van der Waals surface area contributed by atoms with E-state index in [1.165, 1.54) is 6.20 Å². The third kappa shape index (κ3) is 3.98. The largest absolute Gasteiger partial charge is 0.396 e. The lowest BCUT2D eigenvalue weighted by atomic mass is 10.0. The van der Waals surface area contributed by atoms with Crippen LogP contribution in [0.1, 0.15) is 11.3 Å². The Bertz CT molecular complexity index is 634. The molecule has 0 saturated heterocycles. The van der Waals surface area contributed by atoms with Crippen LogP contribution in [0, 0.1) is 23.0 Å². The summed E-state index contributed by atoms with van der Waals surface area (Å²) >= 11 is 0. The number of anilines is 1. The summed E-state index contributed by atoms with van der Waals surface area (Å²) in [6.07, 6.45) is 3.81. The van der Waals surface area contributed by atoms with Gasteiger partial charge < -0.3 is 10.4 Å². The van der Waals surface area contributed by atoms with Crippen molar-refractivity contribution in [3.8, 4) is 0 Å². The van der Waals surface area contributed by atoms with E-state index in [2.05, 4.69) is 15.3 Å². The number of pyridine rings is 2. The average Bonchev–Trinajstić information content (AvgIpc) is 2.52. The van der Waals surface area contributed by atoms with Crippen molar-refractivity contribution >= 4 is 11.5 Å². The molecule has 7 nitrogen and oxygen atoms in total. The number of aryl methyl sites for hydroxylation is 1. The van der Waals surface area contributed by atoms with Crippen molar-refractivity contribution in [1.82, 2.24) is 9.97 Å². The van der Waals surface area contributed by atoms with E-state index in [0.717, 1.165) is 5.69 Å². The van der Waals surface area contributed by atoms with E-state index in [1.54, 1.807) is 19.2 Å². The van der Waals surface area contributed by atoms with Crippen molar-refractivity contribution < 1.29 is 10.0 Å². The Hall–Kier alpha value is -2.54. The number of nitro groups is 1. The van der Waals surface area contributed by atoms with Crippen molar-refractivity contribution in [2.24, 2.45) is 5.92 Å². The van der Waals surface area contributed by atoms with Gasteiger partial charge in [-0.05, 0) is 31.5 Å². The molecule has 0 radical (unpaired) electrons. The molecule has 0 fully saturated rings. The van der Waals surface area contributed by atoms with Gasteiger partial charge in [-0.2, -0.15) is 0 Å². The van der Waals surface area contributed by atoms with Crippen molar-refractivity contribution in [1.29, 1.82) is 0 Å². The molecule has 0 amide bonds.